The molecule has 9 nitrogen and oxygen atoms in total. The van der Waals surface area contributed by atoms with Gasteiger partial charge in [0.2, 0.25) is 11.9 Å². The maximum absolute atomic E-state index is 11.2. The van der Waals surface area contributed by atoms with Crippen LogP contribution in [0.1, 0.15) is 19.8 Å². The number of anilines is 3. The molecule has 1 saturated heterocycles. The summed E-state index contributed by atoms with van der Waals surface area (Å²) in [4.78, 5) is 18.1. The number of aromatic amines is 1. The zero-order chi connectivity index (χ0) is 17.2. The van der Waals surface area contributed by atoms with Gasteiger partial charge in [-0.25, -0.2) is 4.52 Å². The standard InChI is InChI=1S/C16H20N8O/c1-11(25)18-12-5-9-23(10-6-12)16-20-15(19-14-4-7-17-21-14)13-3-2-8-24(13)22-16/h2-4,7-8,12H,5-6,9-10H2,1H3,(H,18,25)(H2,17,19,20,21,22). The van der Waals surface area contributed by atoms with Gasteiger partial charge in [0.1, 0.15) is 11.3 Å². The lowest BCUT2D eigenvalue weighted by atomic mass is 10.1. The van der Waals surface area contributed by atoms with Gasteiger partial charge in [-0.1, -0.05) is 0 Å². The molecular formula is C16H20N8O. The Morgan fingerprint density at radius 2 is 2.16 bits per heavy atom. The van der Waals surface area contributed by atoms with Gasteiger partial charge in [-0.05, 0) is 25.0 Å². The summed E-state index contributed by atoms with van der Waals surface area (Å²) in [5, 5.41) is 17.7. The van der Waals surface area contributed by atoms with Gasteiger partial charge in [-0.15, -0.1) is 5.10 Å². The minimum absolute atomic E-state index is 0.0227. The number of piperidine rings is 1. The monoisotopic (exact) mass is 340 g/mol. The number of carbonyl (C=O) groups is 1. The van der Waals surface area contributed by atoms with E-state index in [1.807, 2.05) is 28.9 Å². The highest BCUT2D eigenvalue weighted by Crippen LogP contribution is 2.23. The summed E-state index contributed by atoms with van der Waals surface area (Å²) in [7, 11) is 0. The van der Waals surface area contributed by atoms with E-state index in [0.717, 1.165) is 43.1 Å². The molecule has 0 radical (unpaired) electrons. The third-order valence-electron chi connectivity index (χ3n) is 4.32. The number of amides is 1. The van der Waals surface area contributed by atoms with E-state index in [-0.39, 0.29) is 11.9 Å². The predicted molar refractivity (Wildman–Crippen MR) is 93.9 cm³/mol. The number of aromatic nitrogens is 5. The van der Waals surface area contributed by atoms with Gasteiger partial charge < -0.3 is 15.5 Å². The highest BCUT2D eigenvalue weighted by atomic mass is 16.1. The largest absolute Gasteiger partial charge is 0.353 e. The fourth-order valence-corrected chi connectivity index (χ4v) is 3.11. The normalized spacial score (nSPS) is 15.5. The predicted octanol–water partition coefficient (Wildman–Crippen LogP) is 1.30. The summed E-state index contributed by atoms with van der Waals surface area (Å²) in [5.41, 5.74) is 0.895. The third-order valence-corrected chi connectivity index (χ3v) is 4.32. The quantitative estimate of drug-likeness (QED) is 0.661. The van der Waals surface area contributed by atoms with Crippen LogP contribution >= 0.6 is 0 Å². The van der Waals surface area contributed by atoms with Crippen LogP contribution in [-0.4, -0.2) is 49.8 Å². The average molecular weight is 340 g/mol. The van der Waals surface area contributed by atoms with E-state index in [4.69, 9.17) is 4.98 Å². The molecule has 0 atom stereocenters. The number of fused-ring (bicyclic) bond motifs is 1. The summed E-state index contributed by atoms with van der Waals surface area (Å²) >= 11 is 0. The Kier molecular flexibility index (Phi) is 3.96. The molecule has 0 spiro atoms. The maximum Gasteiger partial charge on any atom is 0.245 e. The highest BCUT2D eigenvalue weighted by Gasteiger charge is 2.22. The molecule has 4 heterocycles. The van der Waals surface area contributed by atoms with Crippen molar-refractivity contribution in [3.63, 3.8) is 0 Å². The molecule has 130 valence electrons. The fraction of sp³-hybridized carbons (Fsp3) is 0.375. The molecule has 3 aromatic heterocycles. The van der Waals surface area contributed by atoms with Crippen LogP contribution in [0, 0.1) is 0 Å². The smallest absolute Gasteiger partial charge is 0.245 e. The van der Waals surface area contributed by atoms with E-state index < -0.39 is 0 Å². The molecule has 0 saturated carbocycles. The molecule has 1 aliphatic heterocycles. The Hall–Kier alpha value is -3.10. The second-order valence-corrected chi connectivity index (χ2v) is 6.16. The topological polar surface area (TPSA) is 103 Å². The first kappa shape index (κ1) is 15.4. The molecule has 4 rings (SSSR count). The second-order valence-electron chi connectivity index (χ2n) is 6.16. The highest BCUT2D eigenvalue weighted by molar-refractivity contribution is 5.73. The number of carbonyl (C=O) groups excluding carboxylic acids is 1. The summed E-state index contributed by atoms with van der Waals surface area (Å²) < 4.78 is 1.82. The van der Waals surface area contributed by atoms with Gasteiger partial charge in [0.25, 0.3) is 0 Å². The number of H-pyrrole nitrogens is 1. The molecule has 9 heteroatoms. The lowest BCUT2D eigenvalue weighted by Gasteiger charge is -2.32. The number of hydrogen-bond donors (Lipinski definition) is 3. The van der Waals surface area contributed by atoms with Gasteiger partial charge in [-0.2, -0.15) is 10.1 Å². The lowest BCUT2D eigenvalue weighted by Crippen LogP contribution is -2.44. The van der Waals surface area contributed by atoms with E-state index in [2.05, 4.69) is 30.8 Å². The molecule has 0 aliphatic carbocycles. The van der Waals surface area contributed by atoms with Crippen molar-refractivity contribution in [1.29, 1.82) is 0 Å². The molecule has 1 aliphatic rings. The minimum Gasteiger partial charge on any atom is -0.353 e. The van der Waals surface area contributed by atoms with Crippen LogP contribution in [0.2, 0.25) is 0 Å². The molecule has 1 fully saturated rings. The van der Waals surface area contributed by atoms with Crippen molar-refractivity contribution < 1.29 is 4.79 Å². The Morgan fingerprint density at radius 3 is 2.88 bits per heavy atom. The van der Waals surface area contributed by atoms with Gasteiger partial charge in [0.15, 0.2) is 5.82 Å². The Balaban J connectivity index is 1.57. The first-order valence-electron chi connectivity index (χ1n) is 8.33. The Labute approximate surface area is 144 Å². The molecule has 0 unspecified atom stereocenters. The molecule has 1 amide bonds. The molecular weight excluding hydrogens is 320 g/mol. The van der Waals surface area contributed by atoms with Crippen molar-refractivity contribution in [3.05, 3.63) is 30.6 Å². The SMILES string of the molecule is CC(=O)NC1CCN(c2nc(Nc3ccn[nH]3)c3cccn3n2)CC1. The first-order chi connectivity index (χ1) is 12.2. The molecule has 0 aromatic carbocycles. The Bertz CT molecular complexity index is 864. The van der Waals surface area contributed by atoms with E-state index >= 15 is 0 Å². The van der Waals surface area contributed by atoms with E-state index in [1.54, 1.807) is 13.1 Å². The molecule has 3 N–H and O–H groups in total. The second kappa shape index (κ2) is 6.42. The number of hydrogen-bond acceptors (Lipinski definition) is 6. The van der Waals surface area contributed by atoms with Crippen molar-refractivity contribution in [2.24, 2.45) is 0 Å². The summed E-state index contributed by atoms with van der Waals surface area (Å²) in [6.45, 7) is 3.17. The van der Waals surface area contributed by atoms with Crippen molar-refractivity contribution >= 4 is 29.0 Å². The Morgan fingerprint density at radius 1 is 1.32 bits per heavy atom. The van der Waals surface area contributed by atoms with Crippen LogP contribution in [0.25, 0.3) is 5.52 Å². The van der Waals surface area contributed by atoms with Crippen LogP contribution in [0.5, 0.6) is 0 Å². The number of nitrogens with zero attached hydrogens (tertiary/aromatic N) is 5. The fourth-order valence-electron chi connectivity index (χ4n) is 3.11. The third kappa shape index (κ3) is 3.25. The summed E-state index contributed by atoms with van der Waals surface area (Å²) in [5.74, 6) is 2.20. The van der Waals surface area contributed by atoms with Crippen molar-refractivity contribution in [3.8, 4) is 0 Å². The zero-order valence-corrected chi connectivity index (χ0v) is 13.9. The van der Waals surface area contributed by atoms with E-state index in [0.29, 0.717) is 5.95 Å². The van der Waals surface area contributed by atoms with Crippen molar-refractivity contribution in [2.45, 2.75) is 25.8 Å². The van der Waals surface area contributed by atoms with Crippen molar-refractivity contribution in [1.82, 2.24) is 30.1 Å². The van der Waals surface area contributed by atoms with Crippen LogP contribution in [-0.2, 0) is 4.79 Å². The van der Waals surface area contributed by atoms with Crippen LogP contribution in [0.15, 0.2) is 30.6 Å². The number of nitrogens with one attached hydrogen (secondary N) is 3. The molecule has 3 aromatic rings. The zero-order valence-electron chi connectivity index (χ0n) is 13.9. The minimum atomic E-state index is 0.0227. The van der Waals surface area contributed by atoms with Gasteiger partial charge in [-0.3, -0.25) is 9.89 Å². The van der Waals surface area contributed by atoms with Crippen molar-refractivity contribution in [2.75, 3.05) is 23.3 Å². The molecule has 0 bridgehead atoms. The first-order valence-corrected chi connectivity index (χ1v) is 8.33. The average Bonchev–Trinajstić information content (AvgIpc) is 3.26. The van der Waals surface area contributed by atoms with Crippen LogP contribution in [0.3, 0.4) is 0 Å². The molecule has 25 heavy (non-hydrogen) atoms. The van der Waals surface area contributed by atoms with Gasteiger partial charge in [0, 0.05) is 38.3 Å². The maximum atomic E-state index is 11.2. The van der Waals surface area contributed by atoms with Crippen LogP contribution in [0.4, 0.5) is 17.6 Å². The summed E-state index contributed by atoms with van der Waals surface area (Å²) in [6, 6.07) is 5.98. The van der Waals surface area contributed by atoms with Gasteiger partial charge >= 0.3 is 0 Å². The van der Waals surface area contributed by atoms with Gasteiger partial charge in [0.05, 0.1) is 6.20 Å². The van der Waals surface area contributed by atoms with E-state index in [1.165, 1.54) is 0 Å². The number of rotatable bonds is 4. The summed E-state index contributed by atoms with van der Waals surface area (Å²) in [6.07, 6.45) is 5.36. The van der Waals surface area contributed by atoms with E-state index in [9.17, 15) is 4.79 Å². The van der Waals surface area contributed by atoms with Crippen LogP contribution < -0.4 is 15.5 Å². The lowest BCUT2D eigenvalue weighted by molar-refractivity contribution is -0.119.